The van der Waals surface area contributed by atoms with Gasteiger partial charge in [-0.25, -0.2) is 4.98 Å². The lowest BCUT2D eigenvalue weighted by Gasteiger charge is -2.09. The molecule has 0 unspecified atom stereocenters. The van der Waals surface area contributed by atoms with Crippen LogP contribution in [0.5, 0.6) is 0 Å². The van der Waals surface area contributed by atoms with Gasteiger partial charge in [0.25, 0.3) is 0 Å². The Kier molecular flexibility index (Phi) is 5.61. The van der Waals surface area contributed by atoms with Gasteiger partial charge in [-0.3, -0.25) is 9.59 Å². The van der Waals surface area contributed by atoms with Crippen LogP contribution in [0.1, 0.15) is 42.1 Å². The van der Waals surface area contributed by atoms with Crippen LogP contribution < -0.4 is 5.32 Å². The number of anilines is 1. The molecule has 0 radical (unpaired) electrons. The topological polar surface area (TPSA) is 89.8 Å². The molecule has 0 saturated heterocycles. The van der Waals surface area contributed by atoms with Crippen molar-refractivity contribution in [1.29, 1.82) is 0 Å². The first-order chi connectivity index (χ1) is 15.6. The van der Waals surface area contributed by atoms with Crippen LogP contribution in [-0.4, -0.2) is 37.2 Å². The first kappa shape index (κ1) is 20.6. The van der Waals surface area contributed by atoms with Crippen LogP contribution >= 0.6 is 11.8 Å². The summed E-state index contributed by atoms with van der Waals surface area (Å²) >= 11 is 1.30. The van der Waals surface area contributed by atoms with Gasteiger partial charge in [-0.05, 0) is 49.1 Å². The quantitative estimate of drug-likeness (QED) is 0.344. The molecule has 1 aliphatic heterocycles. The van der Waals surface area contributed by atoms with E-state index in [1.807, 2.05) is 30.3 Å². The van der Waals surface area contributed by atoms with E-state index < -0.39 is 0 Å². The molecule has 1 amide bonds. The van der Waals surface area contributed by atoms with Crippen LogP contribution in [0.3, 0.4) is 0 Å². The zero-order valence-electron chi connectivity index (χ0n) is 17.8. The molecule has 162 valence electrons. The van der Waals surface area contributed by atoms with Crippen LogP contribution in [0.25, 0.3) is 22.1 Å². The molecule has 0 aliphatic carbocycles. The van der Waals surface area contributed by atoms with E-state index in [0.717, 1.165) is 59.1 Å². The number of rotatable bonds is 6. The molecule has 0 saturated carbocycles. The summed E-state index contributed by atoms with van der Waals surface area (Å²) in [5, 5.41) is 13.1. The number of aryl methyl sites for hydroxylation is 2. The Balaban J connectivity index is 1.38. The van der Waals surface area contributed by atoms with Crippen molar-refractivity contribution in [2.75, 3.05) is 11.1 Å². The molecule has 1 N–H and O–H groups in total. The van der Waals surface area contributed by atoms with Gasteiger partial charge in [0, 0.05) is 29.6 Å². The second-order valence-corrected chi connectivity index (χ2v) is 8.86. The van der Waals surface area contributed by atoms with E-state index in [9.17, 15) is 9.59 Å². The highest BCUT2D eigenvalue weighted by Crippen LogP contribution is 2.28. The molecular weight excluding hydrogens is 422 g/mol. The summed E-state index contributed by atoms with van der Waals surface area (Å²) in [6, 6.07) is 13.6. The number of para-hydroxylation sites is 1. The predicted octanol–water partition coefficient (Wildman–Crippen LogP) is 4.64. The van der Waals surface area contributed by atoms with E-state index in [2.05, 4.69) is 33.1 Å². The number of carbonyl (C=O) groups is 2. The molecule has 3 heterocycles. The molecule has 7 nitrogen and oxygen atoms in total. The van der Waals surface area contributed by atoms with Gasteiger partial charge in [-0.1, -0.05) is 36.9 Å². The van der Waals surface area contributed by atoms with Gasteiger partial charge in [0.2, 0.25) is 11.1 Å². The molecule has 0 spiro atoms. The number of benzene rings is 2. The smallest absolute Gasteiger partial charge is 0.224 e. The molecule has 0 atom stereocenters. The van der Waals surface area contributed by atoms with Gasteiger partial charge in [0.1, 0.15) is 5.52 Å². The maximum Gasteiger partial charge on any atom is 0.224 e. The molecule has 8 heteroatoms. The molecule has 4 aromatic rings. The third-order valence-corrected chi connectivity index (χ3v) is 6.52. The van der Waals surface area contributed by atoms with Crippen LogP contribution in [0.15, 0.2) is 47.6 Å². The average molecular weight is 446 g/mol. The maximum atomic E-state index is 12.8. The van der Waals surface area contributed by atoms with Gasteiger partial charge in [-0.15, -0.1) is 10.2 Å². The minimum absolute atomic E-state index is 0.00572. The summed E-state index contributed by atoms with van der Waals surface area (Å²) in [4.78, 5) is 29.3. The Morgan fingerprint density at radius 2 is 2.03 bits per heavy atom. The van der Waals surface area contributed by atoms with Crippen LogP contribution in [-0.2, 0) is 17.8 Å². The Labute approximate surface area is 189 Å². The second-order valence-electron chi connectivity index (χ2n) is 7.92. The predicted molar refractivity (Wildman–Crippen MR) is 126 cm³/mol. The lowest BCUT2D eigenvalue weighted by Crippen LogP contribution is -2.10. The second kappa shape index (κ2) is 8.70. The first-order valence-corrected chi connectivity index (χ1v) is 11.8. The van der Waals surface area contributed by atoms with E-state index in [-0.39, 0.29) is 17.4 Å². The van der Waals surface area contributed by atoms with E-state index in [1.165, 1.54) is 11.8 Å². The number of ketones is 1. The number of nitrogens with zero attached hydrogens (tertiary/aromatic N) is 4. The Bertz CT molecular complexity index is 1350. The molecule has 32 heavy (non-hydrogen) atoms. The van der Waals surface area contributed by atoms with E-state index in [1.54, 1.807) is 6.07 Å². The number of nitrogens with one attached hydrogen (secondary N) is 1. The van der Waals surface area contributed by atoms with Crippen molar-refractivity contribution in [1.82, 2.24) is 19.7 Å². The number of thioether (sulfide) groups is 1. The number of hydrogen-bond acceptors (Lipinski definition) is 6. The van der Waals surface area contributed by atoms with Gasteiger partial charge < -0.3 is 9.88 Å². The maximum absolute atomic E-state index is 12.8. The summed E-state index contributed by atoms with van der Waals surface area (Å²) < 4.78 is 2.17. The lowest BCUT2D eigenvalue weighted by molar-refractivity contribution is -0.116. The first-order valence-electron chi connectivity index (χ1n) is 10.8. The molecule has 0 bridgehead atoms. The SMILES string of the molecule is CCCn1c2ccccc2c2nnc(SCC(=O)c3ccc4c(c3)CCCC(=O)N4)nc21. The molecule has 0 fully saturated rings. The minimum atomic E-state index is 0.00572. The largest absolute Gasteiger partial charge is 0.326 e. The summed E-state index contributed by atoms with van der Waals surface area (Å²) in [5.74, 6) is 0.261. The molecule has 2 aromatic carbocycles. The third-order valence-electron chi connectivity index (χ3n) is 5.69. The summed E-state index contributed by atoms with van der Waals surface area (Å²) in [5.41, 5.74) is 5.15. The van der Waals surface area contributed by atoms with Crippen molar-refractivity contribution in [3.8, 4) is 0 Å². The van der Waals surface area contributed by atoms with E-state index in [4.69, 9.17) is 4.98 Å². The molecule has 2 aromatic heterocycles. The number of fused-ring (bicyclic) bond motifs is 4. The molecule has 1 aliphatic rings. The Morgan fingerprint density at radius 3 is 2.91 bits per heavy atom. The fourth-order valence-electron chi connectivity index (χ4n) is 4.16. The number of amides is 1. The fraction of sp³-hybridized carbons (Fsp3) is 0.292. The number of Topliss-reactive ketones (excluding diaryl/α,β-unsaturated/α-hetero) is 1. The Morgan fingerprint density at radius 1 is 1.16 bits per heavy atom. The van der Waals surface area contributed by atoms with Gasteiger partial charge in [0.15, 0.2) is 11.4 Å². The van der Waals surface area contributed by atoms with Crippen LogP contribution in [0.2, 0.25) is 0 Å². The number of aromatic nitrogens is 4. The molecule has 5 rings (SSSR count). The highest BCUT2D eigenvalue weighted by Gasteiger charge is 2.17. The third kappa shape index (κ3) is 3.86. The molecular formula is C24H23N5O2S. The van der Waals surface area contributed by atoms with Crippen molar-refractivity contribution >= 4 is 51.2 Å². The monoisotopic (exact) mass is 445 g/mol. The average Bonchev–Trinajstić information content (AvgIpc) is 2.98. The summed E-state index contributed by atoms with van der Waals surface area (Å²) in [6.07, 6.45) is 3.07. The van der Waals surface area contributed by atoms with Gasteiger partial charge in [0.05, 0.1) is 11.3 Å². The van der Waals surface area contributed by atoms with Gasteiger partial charge >= 0.3 is 0 Å². The zero-order valence-corrected chi connectivity index (χ0v) is 18.6. The fourth-order valence-corrected chi connectivity index (χ4v) is 4.84. The normalized spacial score (nSPS) is 13.7. The lowest BCUT2D eigenvalue weighted by atomic mass is 10.0. The van der Waals surface area contributed by atoms with Crippen molar-refractivity contribution in [2.45, 2.75) is 44.3 Å². The summed E-state index contributed by atoms with van der Waals surface area (Å²) in [7, 11) is 0. The van der Waals surface area contributed by atoms with Crippen molar-refractivity contribution < 1.29 is 9.59 Å². The highest BCUT2D eigenvalue weighted by molar-refractivity contribution is 7.99. The highest BCUT2D eigenvalue weighted by atomic mass is 32.2. The van der Waals surface area contributed by atoms with Crippen LogP contribution in [0, 0.1) is 0 Å². The van der Waals surface area contributed by atoms with Crippen molar-refractivity contribution in [3.63, 3.8) is 0 Å². The standard InChI is InChI=1S/C24H23N5O2S/c1-2-12-29-19-8-4-3-7-17(19)22-23(29)26-24(28-27-22)32-14-20(30)16-10-11-18-15(13-16)6-5-9-21(31)25-18/h3-4,7-8,10-11,13H,2,5-6,9,12,14H2,1H3,(H,25,31). The van der Waals surface area contributed by atoms with Crippen molar-refractivity contribution in [3.05, 3.63) is 53.6 Å². The minimum Gasteiger partial charge on any atom is -0.326 e. The number of carbonyl (C=O) groups excluding carboxylic acids is 2. The van der Waals surface area contributed by atoms with Crippen LogP contribution in [0.4, 0.5) is 5.69 Å². The van der Waals surface area contributed by atoms with E-state index >= 15 is 0 Å². The van der Waals surface area contributed by atoms with Gasteiger partial charge in [-0.2, -0.15) is 0 Å². The zero-order chi connectivity index (χ0) is 22.1. The Hall–Kier alpha value is -3.26. The number of hydrogen-bond donors (Lipinski definition) is 1. The summed E-state index contributed by atoms with van der Waals surface area (Å²) in [6.45, 7) is 2.98. The van der Waals surface area contributed by atoms with E-state index in [0.29, 0.717) is 17.1 Å². The van der Waals surface area contributed by atoms with Crippen molar-refractivity contribution in [2.24, 2.45) is 0 Å².